The average molecular weight is 579 g/mol. The predicted octanol–water partition coefficient (Wildman–Crippen LogP) is 2.39. The van der Waals surface area contributed by atoms with Crippen molar-refractivity contribution in [3.05, 3.63) is 42.0 Å². The summed E-state index contributed by atoms with van der Waals surface area (Å²) in [5, 5.41) is 23.6. The lowest BCUT2D eigenvalue weighted by Gasteiger charge is -2.42. The van der Waals surface area contributed by atoms with E-state index in [9.17, 15) is 9.90 Å². The van der Waals surface area contributed by atoms with Crippen molar-refractivity contribution in [2.45, 2.75) is 50.3 Å². The lowest BCUT2D eigenvalue weighted by molar-refractivity contribution is 0.0981. The van der Waals surface area contributed by atoms with Gasteiger partial charge < -0.3 is 31.3 Å². The molecule has 1 aliphatic carbocycles. The van der Waals surface area contributed by atoms with E-state index >= 15 is 4.39 Å². The number of hydrogen-bond donors (Lipinski definition) is 5. The van der Waals surface area contributed by atoms with Crippen molar-refractivity contribution < 1.29 is 14.3 Å². The Labute approximate surface area is 244 Å². The number of aromatic nitrogens is 4. The standard InChI is InChI=1S/C29H39FN10O2/c1-38-13-15-39(16-14-38)19-8-11-40(12-9-19)23-6-5-18(17-20(23)30)33-29-26(27(31)42)35-25(22-7-10-32-37-22)28(36-29)34-21-3-2-4-24(21)41/h5-7,10,17,19,21,24,41H,2-4,8-9,11-16H2,1H3,(H2,31,42)(H,32,37)(H2,33,34,36). The van der Waals surface area contributed by atoms with Crippen molar-refractivity contribution in [1.29, 1.82) is 0 Å². The molecule has 1 saturated carbocycles. The molecule has 2 aliphatic heterocycles. The molecule has 0 spiro atoms. The minimum Gasteiger partial charge on any atom is -0.391 e. The maximum absolute atomic E-state index is 15.5. The van der Waals surface area contributed by atoms with Crippen molar-refractivity contribution in [1.82, 2.24) is 30.0 Å². The molecule has 1 aromatic carbocycles. The SMILES string of the molecule is CN1CCN(C2CCN(c3ccc(Nc4nc(NC5CCCC5O)c(-c5ccn[nH]5)nc4C(N)=O)cc3F)CC2)CC1. The first-order valence-corrected chi connectivity index (χ1v) is 14.8. The van der Waals surface area contributed by atoms with E-state index in [-0.39, 0.29) is 23.4 Å². The lowest BCUT2D eigenvalue weighted by atomic mass is 10.0. The number of likely N-dealkylation sites (N-methyl/N-ethyl adjacent to an activating group) is 1. The van der Waals surface area contributed by atoms with Crippen LogP contribution in [-0.2, 0) is 0 Å². The van der Waals surface area contributed by atoms with Crippen LogP contribution in [0.4, 0.5) is 27.4 Å². The Bertz CT molecular complexity index is 1390. The Balaban J connectivity index is 1.20. The van der Waals surface area contributed by atoms with Gasteiger partial charge in [-0.05, 0) is 63.4 Å². The summed E-state index contributed by atoms with van der Waals surface area (Å²) in [4.78, 5) is 28.7. The van der Waals surface area contributed by atoms with E-state index in [0.29, 0.717) is 41.0 Å². The highest BCUT2D eigenvalue weighted by Crippen LogP contribution is 2.32. The molecule has 3 aliphatic rings. The van der Waals surface area contributed by atoms with Gasteiger partial charge in [0, 0.05) is 57.2 Å². The predicted molar refractivity (Wildman–Crippen MR) is 159 cm³/mol. The molecule has 3 fully saturated rings. The van der Waals surface area contributed by atoms with Crippen molar-refractivity contribution in [3.8, 4) is 11.4 Å². The third kappa shape index (κ3) is 6.03. The second-order valence-corrected chi connectivity index (χ2v) is 11.6. The van der Waals surface area contributed by atoms with Crippen LogP contribution in [0.1, 0.15) is 42.6 Å². The molecule has 6 rings (SSSR count). The molecular formula is C29H39FN10O2. The van der Waals surface area contributed by atoms with Crippen molar-refractivity contribution in [3.63, 3.8) is 0 Å². The number of carbonyl (C=O) groups is 1. The van der Waals surface area contributed by atoms with Crippen LogP contribution >= 0.6 is 0 Å². The topological polar surface area (TPSA) is 152 Å². The lowest BCUT2D eigenvalue weighted by Crippen LogP contribution is -2.52. The summed E-state index contributed by atoms with van der Waals surface area (Å²) in [5.74, 6) is -0.675. The Kier molecular flexibility index (Phi) is 8.22. The third-order valence-electron chi connectivity index (χ3n) is 8.76. The monoisotopic (exact) mass is 578 g/mol. The van der Waals surface area contributed by atoms with Crippen molar-refractivity contribution in [2.24, 2.45) is 5.73 Å². The minimum absolute atomic E-state index is 0.0902. The van der Waals surface area contributed by atoms with Crippen LogP contribution in [0.25, 0.3) is 11.4 Å². The summed E-state index contributed by atoms with van der Waals surface area (Å²) in [7, 11) is 2.16. The average Bonchev–Trinajstić information content (AvgIpc) is 3.66. The number of aliphatic hydroxyl groups excluding tert-OH is 1. The maximum atomic E-state index is 15.5. The first kappa shape index (κ1) is 28.3. The first-order valence-electron chi connectivity index (χ1n) is 14.8. The van der Waals surface area contributed by atoms with Gasteiger partial charge in [0.05, 0.1) is 23.5 Å². The van der Waals surface area contributed by atoms with E-state index in [1.807, 2.05) is 0 Å². The van der Waals surface area contributed by atoms with Crippen LogP contribution in [0.3, 0.4) is 0 Å². The Morgan fingerprint density at radius 2 is 1.83 bits per heavy atom. The van der Waals surface area contributed by atoms with E-state index in [1.165, 1.54) is 6.07 Å². The number of nitrogens with two attached hydrogens (primary N) is 1. The van der Waals surface area contributed by atoms with Gasteiger partial charge in [-0.25, -0.2) is 14.4 Å². The van der Waals surface area contributed by atoms with E-state index in [2.05, 4.69) is 52.5 Å². The number of nitrogens with one attached hydrogen (secondary N) is 3. The molecule has 0 radical (unpaired) electrons. The zero-order valence-electron chi connectivity index (χ0n) is 23.9. The van der Waals surface area contributed by atoms with Gasteiger partial charge in [0.2, 0.25) is 0 Å². The van der Waals surface area contributed by atoms with Gasteiger partial charge in [-0.1, -0.05) is 0 Å². The number of carbonyl (C=O) groups excluding carboxylic acids is 1. The number of halogens is 1. The van der Waals surface area contributed by atoms with Crippen LogP contribution in [0.5, 0.6) is 0 Å². The van der Waals surface area contributed by atoms with Gasteiger partial charge in [-0.3, -0.25) is 14.8 Å². The molecular weight excluding hydrogens is 539 g/mol. The zero-order valence-corrected chi connectivity index (χ0v) is 23.9. The summed E-state index contributed by atoms with van der Waals surface area (Å²) < 4.78 is 15.5. The maximum Gasteiger partial charge on any atom is 0.271 e. The van der Waals surface area contributed by atoms with Gasteiger partial charge in [0.25, 0.3) is 5.91 Å². The highest BCUT2D eigenvalue weighted by Gasteiger charge is 2.29. The Hall–Kier alpha value is -3.81. The highest BCUT2D eigenvalue weighted by atomic mass is 19.1. The highest BCUT2D eigenvalue weighted by molar-refractivity contribution is 5.97. The summed E-state index contributed by atoms with van der Waals surface area (Å²) in [6, 6.07) is 6.98. The van der Waals surface area contributed by atoms with Crippen molar-refractivity contribution >= 4 is 28.9 Å². The minimum atomic E-state index is -0.779. The fourth-order valence-corrected chi connectivity index (χ4v) is 6.29. The second kappa shape index (κ2) is 12.2. The van der Waals surface area contributed by atoms with Crippen LogP contribution < -0.4 is 21.3 Å². The molecule has 42 heavy (non-hydrogen) atoms. The van der Waals surface area contributed by atoms with Crippen LogP contribution in [-0.4, -0.2) is 105 Å². The number of H-pyrrole nitrogens is 1. The van der Waals surface area contributed by atoms with Crippen LogP contribution in [0.2, 0.25) is 0 Å². The molecule has 2 atom stereocenters. The van der Waals surface area contributed by atoms with Crippen LogP contribution in [0, 0.1) is 5.82 Å². The molecule has 224 valence electrons. The largest absolute Gasteiger partial charge is 0.391 e. The second-order valence-electron chi connectivity index (χ2n) is 11.6. The molecule has 4 heterocycles. The summed E-state index contributed by atoms with van der Waals surface area (Å²) in [5.41, 5.74) is 7.48. The molecule has 1 amide bonds. The number of anilines is 4. The van der Waals surface area contributed by atoms with Gasteiger partial charge in [-0.15, -0.1) is 0 Å². The smallest absolute Gasteiger partial charge is 0.271 e. The number of nitrogens with zero attached hydrogens (tertiary/aromatic N) is 6. The van der Waals surface area contributed by atoms with E-state index in [1.54, 1.807) is 24.4 Å². The molecule has 2 aromatic heterocycles. The third-order valence-corrected chi connectivity index (χ3v) is 8.76. The zero-order chi connectivity index (χ0) is 29.2. The first-order chi connectivity index (χ1) is 20.4. The van der Waals surface area contributed by atoms with Gasteiger partial charge in [0.1, 0.15) is 11.5 Å². The molecule has 0 bridgehead atoms. The Morgan fingerprint density at radius 3 is 2.48 bits per heavy atom. The number of piperazine rings is 1. The van der Waals surface area contributed by atoms with E-state index in [0.717, 1.165) is 65.0 Å². The fraction of sp³-hybridized carbons (Fsp3) is 0.517. The number of hydrogen-bond acceptors (Lipinski definition) is 10. The van der Waals surface area contributed by atoms with Gasteiger partial charge >= 0.3 is 0 Å². The van der Waals surface area contributed by atoms with Crippen LogP contribution in [0.15, 0.2) is 30.5 Å². The number of piperidine rings is 1. The molecule has 6 N–H and O–H groups in total. The molecule has 2 unspecified atom stereocenters. The van der Waals surface area contributed by atoms with E-state index in [4.69, 9.17) is 5.73 Å². The number of amides is 1. The number of benzene rings is 1. The molecule has 12 nitrogen and oxygen atoms in total. The van der Waals surface area contributed by atoms with E-state index < -0.39 is 12.0 Å². The Morgan fingerprint density at radius 1 is 1.05 bits per heavy atom. The molecule has 2 saturated heterocycles. The quantitative estimate of drug-likeness (QED) is 0.269. The summed E-state index contributed by atoms with van der Waals surface area (Å²) in [6.45, 7) is 5.97. The number of aliphatic hydroxyl groups is 1. The summed E-state index contributed by atoms with van der Waals surface area (Å²) in [6.07, 6.45) is 5.40. The summed E-state index contributed by atoms with van der Waals surface area (Å²) >= 11 is 0. The van der Waals surface area contributed by atoms with Crippen molar-refractivity contribution in [2.75, 3.05) is 61.8 Å². The normalized spacial score (nSPS) is 22.4. The fourth-order valence-electron chi connectivity index (χ4n) is 6.29. The number of rotatable bonds is 8. The molecule has 13 heteroatoms. The number of primary amides is 1. The number of aromatic amines is 1. The van der Waals surface area contributed by atoms with Gasteiger partial charge in [0.15, 0.2) is 17.3 Å². The van der Waals surface area contributed by atoms with Gasteiger partial charge in [-0.2, -0.15) is 5.10 Å². The molecule has 3 aromatic rings.